The van der Waals surface area contributed by atoms with E-state index in [1.165, 1.54) is 16.2 Å². The standard InChI is InChI=1S/C22H23N5O2S2/c1-22(2,3)13-7-8-14-15(11-23)20(31-17(14)10-13)25-18(28)12-30-21-27-26-19(29-21)16-6-4-5-9-24-16/h4-6,9,13H,7-8,10,12H2,1-3H3,(H,25,28)/t13-/m1/s1. The first-order chi connectivity index (χ1) is 14.8. The molecule has 3 heterocycles. The lowest BCUT2D eigenvalue weighted by atomic mass is 9.72. The highest BCUT2D eigenvalue weighted by Crippen LogP contribution is 2.44. The molecule has 1 amide bonds. The molecule has 1 aliphatic carbocycles. The molecule has 0 aromatic carbocycles. The van der Waals surface area contributed by atoms with Crippen LogP contribution < -0.4 is 5.32 Å². The number of thioether (sulfide) groups is 1. The van der Waals surface area contributed by atoms with Crippen LogP contribution in [-0.2, 0) is 17.6 Å². The summed E-state index contributed by atoms with van der Waals surface area (Å²) in [6.45, 7) is 6.79. The van der Waals surface area contributed by atoms with Gasteiger partial charge in [-0.25, -0.2) is 0 Å². The number of rotatable bonds is 5. The fourth-order valence-electron chi connectivity index (χ4n) is 3.68. The van der Waals surface area contributed by atoms with Crippen molar-refractivity contribution in [2.45, 2.75) is 45.3 Å². The van der Waals surface area contributed by atoms with E-state index < -0.39 is 0 Å². The molecule has 0 radical (unpaired) electrons. The normalized spacial score (nSPS) is 15.9. The van der Waals surface area contributed by atoms with Gasteiger partial charge >= 0.3 is 0 Å². The second-order valence-electron chi connectivity index (χ2n) is 8.55. The summed E-state index contributed by atoms with van der Waals surface area (Å²) >= 11 is 2.69. The molecule has 1 aliphatic rings. The van der Waals surface area contributed by atoms with E-state index in [1.807, 2.05) is 6.07 Å². The molecule has 0 saturated heterocycles. The van der Waals surface area contributed by atoms with Gasteiger partial charge in [0.25, 0.3) is 11.1 Å². The number of nitrogens with zero attached hydrogens (tertiary/aromatic N) is 4. The minimum absolute atomic E-state index is 0.113. The van der Waals surface area contributed by atoms with Gasteiger partial charge in [0.15, 0.2) is 0 Å². The van der Waals surface area contributed by atoms with Crippen LogP contribution >= 0.6 is 23.1 Å². The summed E-state index contributed by atoms with van der Waals surface area (Å²) in [6, 6.07) is 7.72. The quantitative estimate of drug-likeness (QED) is 0.545. The van der Waals surface area contributed by atoms with Crippen LogP contribution in [0, 0.1) is 22.7 Å². The number of thiophene rings is 1. The van der Waals surface area contributed by atoms with Crippen molar-refractivity contribution in [1.82, 2.24) is 15.2 Å². The van der Waals surface area contributed by atoms with Gasteiger partial charge in [-0.2, -0.15) is 5.26 Å². The van der Waals surface area contributed by atoms with E-state index >= 15 is 0 Å². The first-order valence-corrected chi connectivity index (χ1v) is 11.9. The minimum atomic E-state index is -0.204. The highest BCUT2D eigenvalue weighted by molar-refractivity contribution is 7.99. The van der Waals surface area contributed by atoms with Gasteiger partial charge in [0, 0.05) is 11.1 Å². The predicted molar refractivity (Wildman–Crippen MR) is 121 cm³/mol. The summed E-state index contributed by atoms with van der Waals surface area (Å²) in [5.41, 5.74) is 2.53. The topological polar surface area (TPSA) is 105 Å². The second-order valence-corrected chi connectivity index (χ2v) is 10.6. The van der Waals surface area contributed by atoms with E-state index in [0.29, 0.717) is 33.3 Å². The van der Waals surface area contributed by atoms with E-state index in [4.69, 9.17) is 4.42 Å². The lowest BCUT2D eigenvalue weighted by molar-refractivity contribution is -0.113. The molecule has 4 rings (SSSR count). The van der Waals surface area contributed by atoms with Crippen molar-refractivity contribution in [1.29, 1.82) is 5.26 Å². The average Bonchev–Trinajstić information content (AvgIpc) is 3.36. The lowest BCUT2D eigenvalue weighted by Crippen LogP contribution is -2.26. The number of amides is 1. The van der Waals surface area contributed by atoms with Crippen molar-refractivity contribution < 1.29 is 9.21 Å². The molecule has 0 bridgehead atoms. The molecule has 0 saturated carbocycles. The zero-order chi connectivity index (χ0) is 22.0. The molecule has 0 aliphatic heterocycles. The highest BCUT2D eigenvalue weighted by Gasteiger charge is 2.32. The van der Waals surface area contributed by atoms with E-state index in [-0.39, 0.29) is 17.1 Å². The number of pyridine rings is 1. The summed E-state index contributed by atoms with van der Waals surface area (Å²) in [6.07, 6.45) is 4.57. The highest BCUT2D eigenvalue weighted by atomic mass is 32.2. The largest absolute Gasteiger partial charge is 0.410 e. The van der Waals surface area contributed by atoms with Crippen LogP contribution in [-0.4, -0.2) is 26.8 Å². The Hall–Kier alpha value is -2.70. The molecular formula is C22H23N5O2S2. The third-order valence-electron chi connectivity index (χ3n) is 5.47. The SMILES string of the molecule is CC(C)(C)[C@@H]1CCc2c(sc(NC(=O)CSc3nnc(-c4ccccn4)o3)c2C#N)C1. The summed E-state index contributed by atoms with van der Waals surface area (Å²) in [5, 5.41) is 21.5. The maximum Gasteiger partial charge on any atom is 0.277 e. The Morgan fingerprint density at radius 2 is 2.23 bits per heavy atom. The summed E-state index contributed by atoms with van der Waals surface area (Å²) < 4.78 is 5.57. The van der Waals surface area contributed by atoms with Crippen molar-refractivity contribution in [2.75, 3.05) is 11.1 Å². The van der Waals surface area contributed by atoms with Crippen LogP contribution in [0.5, 0.6) is 0 Å². The van der Waals surface area contributed by atoms with Gasteiger partial charge in [0.2, 0.25) is 5.91 Å². The van der Waals surface area contributed by atoms with Gasteiger partial charge in [-0.3, -0.25) is 9.78 Å². The number of anilines is 1. The van der Waals surface area contributed by atoms with Gasteiger partial charge in [0.1, 0.15) is 16.8 Å². The minimum Gasteiger partial charge on any atom is -0.410 e. The number of hydrogen-bond donors (Lipinski definition) is 1. The Labute approximate surface area is 189 Å². The number of aromatic nitrogens is 3. The molecular weight excluding hydrogens is 430 g/mol. The zero-order valence-electron chi connectivity index (χ0n) is 17.6. The molecule has 0 spiro atoms. The van der Waals surface area contributed by atoms with Crippen molar-refractivity contribution >= 4 is 34.0 Å². The molecule has 1 N–H and O–H groups in total. The van der Waals surface area contributed by atoms with Crippen LogP contribution in [0.1, 0.15) is 43.2 Å². The monoisotopic (exact) mass is 453 g/mol. The Kier molecular flexibility index (Phi) is 6.12. The van der Waals surface area contributed by atoms with E-state index in [0.717, 1.165) is 36.6 Å². The fraction of sp³-hybridized carbons (Fsp3) is 0.409. The molecule has 0 unspecified atom stereocenters. The van der Waals surface area contributed by atoms with Gasteiger partial charge in [-0.05, 0) is 48.3 Å². The van der Waals surface area contributed by atoms with Crippen LogP contribution in [0.3, 0.4) is 0 Å². The van der Waals surface area contributed by atoms with Gasteiger partial charge in [-0.1, -0.05) is 38.6 Å². The number of carbonyl (C=O) groups is 1. The maximum atomic E-state index is 12.5. The lowest BCUT2D eigenvalue weighted by Gasteiger charge is -2.33. The average molecular weight is 454 g/mol. The van der Waals surface area contributed by atoms with Crippen molar-refractivity contribution in [2.24, 2.45) is 11.3 Å². The Morgan fingerprint density at radius 1 is 1.39 bits per heavy atom. The summed E-state index contributed by atoms with van der Waals surface area (Å²) in [5.74, 6) is 0.803. The predicted octanol–water partition coefficient (Wildman–Crippen LogP) is 4.95. The first-order valence-electron chi connectivity index (χ1n) is 10.1. The summed E-state index contributed by atoms with van der Waals surface area (Å²) in [7, 11) is 0. The van der Waals surface area contributed by atoms with Crippen molar-refractivity contribution in [3.05, 3.63) is 40.4 Å². The number of carbonyl (C=O) groups excluding carboxylic acids is 1. The molecule has 31 heavy (non-hydrogen) atoms. The van der Waals surface area contributed by atoms with Gasteiger partial charge < -0.3 is 9.73 Å². The smallest absolute Gasteiger partial charge is 0.277 e. The van der Waals surface area contributed by atoms with E-state index in [9.17, 15) is 10.1 Å². The first kappa shape index (κ1) is 21.5. The Bertz CT molecular complexity index is 1130. The fourth-order valence-corrected chi connectivity index (χ4v) is 5.54. The number of nitriles is 1. The van der Waals surface area contributed by atoms with E-state index in [1.54, 1.807) is 18.3 Å². The van der Waals surface area contributed by atoms with Crippen LogP contribution in [0.25, 0.3) is 11.6 Å². The molecule has 7 nitrogen and oxygen atoms in total. The van der Waals surface area contributed by atoms with E-state index in [2.05, 4.69) is 47.3 Å². The van der Waals surface area contributed by atoms with Crippen LogP contribution in [0.2, 0.25) is 0 Å². The van der Waals surface area contributed by atoms with Crippen molar-refractivity contribution in [3.8, 4) is 17.7 Å². The number of nitrogens with one attached hydrogen (secondary N) is 1. The molecule has 3 aromatic rings. The van der Waals surface area contributed by atoms with Gasteiger partial charge in [-0.15, -0.1) is 21.5 Å². The Morgan fingerprint density at radius 3 is 2.94 bits per heavy atom. The number of hydrogen-bond acceptors (Lipinski definition) is 8. The molecule has 9 heteroatoms. The maximum absolute atomic E-state index is 12.5. The number of fused-ring (bicyclic) bond motifs is 1. The van der Waals surface area contributed by atoms with Crippen LogP contribution in [0.4, 0.5) is 5.00 Å². The van der Waals surface area contributed by atoms with Crippen molar-refractivity contribution in [3.63, 3.8) is 0 Å². The third-order valence-corrected chi connectivity index (χ3v) is 7.46. The molecule has 3 aromatic heterocycles. The Balaban J connectivity index is 1.40. The summed E-state index contributed by atoms with van der Waals surface area (Å²) in [4.78, 5) is 17.9. The molecule has 0 fully saturated rings. The van der Waals surface area contributed by atoms with Crippen LogP contribution in [0.15, 0.2) is 34.0 Å². The zero-order valence-corrected chi connectivity index (χ0v) is 19.3. The third kappa shape index (κ3) is 4.81. The second kappa shape index (κ2) is 8.81. The molecule has 1 atom stereocenters. The molecule has 160 valence electrons. The van der Waals surface area contributed by atoms with Gasteiger partial charge in [0.05, 0.1) is 11.3 Å².